The van der Waals surface area contributed by atoms with Crippen LogP contribution in [0.3, 0.4) is 0 Å². The molecule has 1 heterocycles. The zero-order chi connectivity index (χ0) is 11.2. The Balaban J connectivity index is 1.80. The fourth-order valence-corrected chi connectivity index (χ4v) is 2.01. The van der Waals surface area contributed by atoms with Gasteiger partial charge in [0.25, 0.3) is 0 Å². The summed E-state index contributed by atoms with van der Waals surface area (Å²) in [5, 5.41) is 6.91. The average Bonchev–Trinajstić information content (AvgIpc) is 2.82. The summed E-state index contributed by atoms with van der Waals surface area (Å²) in [6, 6.07) is 8.79. The molecule has 1 aromatic rings. The molecule has 0 bridgehead atoms. The van der Waals surface area contributed by atoms with Crippen LogP contribution in [0.4, 0.5) is 5.69 Å². The van der Waals surface area contributed by atoms with Crippen molar-refractivity contribution in [2.45, 2.75) is 25.8 Å². The number of rotatable bonds is 5. The predicted molar refractivity (Wildman–Crippen MR) is 67.1 cm³/mol. The highest BCUT2D eigenvalue weighted by molar-refractivity contribution is 5.46. The summed E-state index contributed by atoms with van der Waals surface area (Å²) < 4.78 is 5.40. The molecule has 0 aromatic heterocycles. The number of anilines is 1. The molecule has 3 nitrogen and oxygen atoms in total. The monoisotopic (exact) mass is 220 g/mol. The van der Waals surface area contributed by atoms with Gasteiger partial charge in [-0.1, -0.05) is 0 Å². The number of hydrogen-bond donors (Lipinski definition) is 2. The van der Waals surface area contributed by atoms with Gasteiger partial charge in [0.15, 0.2) is 0 Å². The molecule has 1 fully saturated rings. The number of benzene rings is 1. The Labute approximate surface area is 97.2 Å². The zero-order valence-corrected chi connectivity index (χ0v) is 9.83. The van der Waals surface area contributed by atoms with Gasteiger partial charge < -0.3 is 15.4 Å². The van der Waals surface area contributed by atoms with Crippen molar-refractivity contribution >= 4 is 5.69 Å². The fourth-order valence-electron chi connectivity index (χ4n) is 2.01. The zero-order valence-electron chi connectivity index (χ0n) is 9.83. The summed E-state index contributed by atoms with van der Waals surface area (Å²) in [5.41, 5.74) is 1.16. The van der Waals surface area contributed by atoms with E-state index in [2.05, 4.69) is 22.8 Å². The average molecular weight is 220 g/mol. The Bertz CT molecular complexity index is 304. The molecule has 3 heteroatoms. The SMILES string of the molecule is CCOc1ccc(NC[C@@H]2CCCN2)cc1. The first kappa shape index (κ1) is 11.3. The highest BCUT2D eigenvalue weighted by Gasteiger charge is 2.12. The van der Waals surface area contributed by atoms with Crippen LogP contribution in [0.15, 0.2) is 24.3 Å². The van der Waals surface area contributed by atoms with Crippen LogP contribution in [0.5, 0.6) is 5.75 Å². The van der Waals surface area contributed by atoms with Crippen molar-refractivity contribution in [1.82, 2.24) is 5.32 Å². The smallest absolute Gasteiger partial charge is 0.119 e. The Morgan fingerprint density at radius 2 is 2.19 bits per heavy atom. The highest BCUT2D eigenvalue weighted by Crippen LogP contribution is 2.16. The van der Waals surface area contributed by atoms with Crippen LogP contribution >= 0.6 is 0 Å². The van der Waals surface area contributed by atoms with E-state index in [1.165, 1.54) is 12.8 Å². The van der Waals surface area contributed by atoms with Crippen LogP contribution in [0.1, 0.15) is 19.8 Å². The van der Waals surface area contributed by atoms with E-state index in [-0.39, 0.29) is 0 Å². The van der Waals surface area contributed by atoms with Gasteiger partial charge in [0.1, 0.15) is 5.75 Å². The first-order valence-corrected chi connectivity index (χ1v) is 6.08. The summed E-state index contributed by atoms with van der Waals surface area (Å²) >= 11 is 0. The van der Waals surface area contributed by atoms with E-state index in [4.69, 9.17) is 4.74 Å². The lowest BCUT2D eigenvalue weighted by Crippen LogP contribution is -2.29. The first-order valence-electron chi connectivity index (χ1n) is 6.08. The number of hydrogen-bond acceptors (Lipinski definition) is 3. The second kappa shape index (κ2) is 5.75. The lowest BCUT2D eigenvalue weighted by Gasteiger charge is -2.12. The third-order valence-electron chi connectivity index (χ3n) is 2.88. The molecule has 1 aromatic carbocycles. The molecule has 1 aliphatic heterocycles. The van der Waals surface area contributed by atoms with E-state index < -0.39 is 0 Å². The minimum atomic E-state index is 0.631. The molecule has 0 radical (unpaired) electrons. The molecule has 0 saturated carbocycles. The Morgan fingerprint density at radius 3 is 2.81 bits per heavy atom. The normalized spacial score (nSPS) is 19.7. The first-order chi connectivity index (χ1) is 7.88. The highest BCUT2D eigenvalue weighted by atomic mass is 16.5. The van der Waals surface area contributed by atoms with Crippen LogP contribution in [0.2, 0.25) is 0 Å². The molecular weight excluding hydrogens is 200 g/mol. The van der Waals surface area contributed by atoms with Crippen molar-refractivity contribution in [2.75, 3.05) is 25.0 Å². The van der Waals surface area contributed by atoms with Crippen molar-refractivity contribution in [2.24, 2.45) is 0 Å². The molecule has 88 valence electrons. The summed E-state index contributed by atoms with van der Waals surface area (Å²) in [7, 11) is 0. The van der Waals surface area contributed by atoms with E-state index in [0.717, 1.165) is 31.1 Å². The molecule has 0 unspecified atom stereocenters. The van der Waals surface area contributed by atoms with Crippen LogP contribution in [0, 0.1) is 0 Å². The fraction of sp³-hybridized carbons (Fsp3) is 0.538. The Kier molecular flexibility index (Phi) is 4.05. The summed E-state index contributed by atoms with van der Waals surface area (Å²) in [6.45, 7) is 4.89. The van der Waals surface area contributed by atoms with Crippen LogP contribution in [0.25, 0.3) is 0 Å². The second-order valence-corrected chi connectivity index (χ2v) is 4.13. The number of ether oxygens (including phenoxy) is 1. The quantitative estimate of drug-likeness (QED) is 0.798. The molecule has 16 heavy (non-hydrogen) atoms. The molecular formula is C13H20N2O. The van der Waals surface area contributed by atoms with Crippen LogP contribution < -0.4 is 15.4 Å². The molecule has 1 saturated heterocycles. The van der Waals surface area contributed by atoms with Crippen LogP contribution in [-0.4, -0.2) is 25.7 Å². The van der Waals surface area contributed by atoms with Gasteiger partial charge in [-0.3, -0.25) is 0 Å². The second-order valence-electron chi connectivity index (χ2n) is 4.13. The standard InChI is InChI=1S/C13H20N2O/c1-2-16-13-7-5-11(6-8-13)15-10-12-4-3-9-14-12/h5-8,12,14-15H,2-4,9-10H2,1H3/t12-/m0/s1. The van der Waals surface area contributed by atoms with Crippen LogP contribution in [-0.2, 0) is 0 Å². The topological polar surface area (TPSA) is 33.3 Å². The van der Waals surface area contributed by atoms with E-state index in [9.17, 15) is 0 Å². The third-order valence-corrected chi connectivity index (χ3v) is 2.88. The molecule has 0 amide bonds. The van der Waals surface area contributed by atoms with E-state index in [1.807, 2.05) is 19.1 Å². The van der Waals surface area contributed by atoms with Gasteiger partial charge in [-0.15, -0.1) is 0 Å². The maximum atomic E-state index is 5.40. The lowest BCUT2D eigenvalue weighted by molar-refractivity contribution is 0.340. The largest absolute Gasteiger partial charge is 0.494 e. The van der Waals surface area contributed by atoms with Crippen molar-refractivity contribution in [1.29, 1.82) is 0 Å². The molecule has 2 N–H and O–H groups in total. The van der Waals surface area contributed by atoms with E-state index in [0.29, 0.717) is 6.04 Å². The summed E-state index contributed by atoms with van der Waals surface area (Å²) in [6.07, 6.45) is 2.58. The van der Waals surface area contributed by atoms with Gasteiger partial charge in [-0.25, -0.2) is 0 Å². The van der Waals surface area contributed by atoms with Gasteiger partial charge in [0.05, 0.1) is 6.61 Å². The predicted octanol–water partition coefficient (Wildman–Crippen LogP) is 2.25. The van der Waals surface area contributed by atoms with E-state index in [1.54, 1.807) is 0 Å². The number of nitrogens with one attached hydrogen (secondary N) is 2. The Hall–Kier alpha value is -1.22. The molecule has 0 spiro atoms. The van der Waals surface area contributed by atoms with Crippen molar-refractivity contribution in [3.8, 4) is 5.75 Å². The van der Waals surface area contributed by atoms with Gasteiger partial charge in [0.2, 0.25) is 0 Å². The van der Waals surface area contributed by atoms with Gasteiger partial charge in [0, 0.05) is 18.3 Å². The van der Waals surface area contributed by atoms with Crippen molar-refractivity contribution in [3.05, 3.63) is 24.3 Å². The molecule has 2 rings (SSSR count). The van der Waals surface area contributed by atoms with Gasteiger partial charge >= 0.3 is 0 Å². The van der Waals surface area contributed by atoms with E-state index >= 15 is 0 Å². The maximum absolute atomic E-state index is 5.40. The minimum Gasteiger partial charge on any atom is -0.494 e. The van der Waals surface area contributed by atoms with Gasteiger partial charge in [-0.05, 0) is 50.6 Å². The summed E-state index contributed by atoms with van der Waals surface area (Å²) in [5.74, 6) is 0.937. The molecule has 0 aliphatic carbocycles. The summed E-state index contributed by atoms with van der Waals surface area (Å²) in [4.78, 5) is 0. The molecule has 1 aliphatic rings. The van der Waals surface area contributed by atoms with Gasteiger partial charge in [-0.2, -0.15) is 0 Å². The molecule has 1 atom stereocenters. The van der Waals surface area contributed by atoms with Crippen molar-refractivity contribution in [3.63, 3.8) is 0 Å². The van der Waals surface area contributed by atoms with Crippen molar-refractivity contribution < 1.29 is 4.74 Å². The maximum Gasteiger partial charge on any atom is 0.119 e. The third kappa shape index (κ3) is 3.14. The lowest BCUT2D eigenvalue weighted by atomic mass is 10.2. The minimum absolute atomic E-state index is 0.631. The Morgan fingerprint density at radius 1 is 1.38 bits per heavy atom.